The van der Waals surface area contributed by atoms with E-state index < -0.39 is 10.0 Å². The van der Waals surface area contributed by atoms with Crippen LogP contribution in [0.4, 0.5) is 5.82 Å². The van der Waals surface area contributed by atoms with E-state index >= 15 is 0 Å². The summed E-state index contributed by atoms with van der Waals surface area (Å²) in [6, 6.07) is 4.83. The van der Waals surface area contributed by atoms with Crippen molar-refractivity contribution in [3.05, 3.63) is 41.1 Å². The molecule has 0 aliphatic carbocycles. The van der Waals surface area contributed by atoms with Crippen molar-refractivity contribution in [3.63, 3.8) is 0 Å². The van der Waals surface area contributed by atoms with Crippen LogP contribution < -0.4 is 4.72 Å². The van der Waals surface area contributed by atoms with Crippen LogP contribution in [0.3, 0.4) is 0 Å². The molecular weight excluding hydrogens is 278 g/mol. The third-order valence-corrected chi connectivity index (χ3v) is 4.59. The maximum atomic E-state index is 12.4. The van der Waals surface area contributed by atoms with Crippen LogP contribution in [-0.2, 0) is 23.7 Å². The first kappa shape index (κ1) is 14.5. The molecular formula is C13H17N3O3S. The smallest absolute Gasteiger partial charge is 0.263 e. The van der Waals surface area contributed by atoms with Crippen molar-refractivity contribution >= 4 is 15.8 Å². The molecule has 0 aliphatic rings. The van der Waals surface area contributed by atoms with Crippen molar-refractivity contribution in [2.75, 3.05) is 4.72 Å². The largest absolute Gasteiger partial charge is 0.392 e. The second-order valence-corrected chi connectivity index (χ2v) is 6.32. The van der Waals surface area contributed by atoms with E-state index in [9.17, 15) is 13.5 Å². The number of aromatic nitrogens is 2. The monoisotopic (exact) mass is 295 g/mol. The van der Waals surface area contributed by atoms with Gasteiger partial charge in [0.25, 0.3) is 10.0 Å². The van der Waals surface area contributed by atoms with Crippen molar-refractivity contribution in [2.45, 2.75) is 25.3 Å². The number of hydrogen-bond donors (Lipinski definition) is 2. The first-order valence-electron chi connectivity index (χ1n) is 6.07. The molecule has 0 saturated heterocycles. The topological polar surface area (TPSA) is 84.2 Å². The molecule has 20 heavy (non-hydrogen) atoms. The number of benzene rings is 1. The molecule has 0 unspecified atom stereocenters. The minimum atomic E-state index is -3.72. The summed E-state index contributed by atoms with van der Waals surface area (Å²) in [5.74, 6) is 0.263. The van der Waals surface area contributed by atoms with Gasteiger partial charge in [0.1, 0.15) is 0 Å². The van der Waals surface area contributed by atoms with E-state index in [1.165, 1.54) is 10.7 Å². The molecule has 0 saturated carbocycles. The second-order valence-electron chi connectivity index (χ2n) is 4.67. The van der Waals surface area contributed by atoms with Crippen molar-refractivity contribution in [1.29, 1.82) is 0 Å². The summed E-state index contributed by atoms with van der Waals surface area (Å²) >= 11 is 0. The lowest BCUT2D eigenvalue weighted by Gasteiger charge is -2.12. The average molecular weight is 295 g/mol. The Balaban J connectivity index is 2.46. The molecule has 2 aromatic rings. The van der Waals surface area contributed by atoms with E-state index in [4.69, 9.17) is 0 Å². The van der Waals surface area contributed by atoms with E-state index in [0.29, 0.717) is 11.1 Å². The Kier molecular flexibility index (Phi) is 3.82. The molecule has 2 rings (SSSR count). The quantitative estimate of drug-likeness (QED) is 0.891. The van der Waals surface area contributed by atoms with Gasteiger partial charge in [0.15, 0.2) is 5.82 Å². The number of nitrogens with zero attached hydrogens (tertiary/aromatic N) is 2. The number of aliphatic hydroxyl groups is 1. The summed E-state index contributed by atoms with van der Waals surface area (Å²) in [5, 5.41) is 13.2. The van der Waals surface area contributed by atoms with Crippen LogP contribution >= 0.6 is 0 Å². The fraction of sp³-hybridized carbons (Fsp3) is 0.308. The van der Waals surface area contributed by atoms with Crippen LogP contribution in [0.1, 0.15) is 16.7 Å². The normalized spacial score (nSPS) is 11.6. The van der Waals surface area contributed by atoms with Crippen LogP contribution in [0.25, 0.3) is 0 Å². The number of nitrogens with one attached hydrogen (secondary N) is 1. The number of sulfonamides is 1. The zero-order valence-corrected chi connectivity index (χ0v) is 12.4. The Bertz CT molecular complexity index is 735. The molecule has 0 amide bonds. The van der Waals surface area contributed by atoms with Gasteiger partial charge in [-0.2, -0.15) is 5.10 Å². The summed E-state index contributed by atoms with van der Waals surface area (Å²) in [4.78, 5) is 0.159. The van der Waals surface area contributed by atoms with E-state index in [-0.39, 0.29) is 17.3 Å². The predicted molar refractivity (Wildman–Crippen MR) is 75.9 cm³/mol. The van der Waals surface area contributed by atoms with Gasteiger partial charge in [0, 0.05) is 19.3 Å². The van der Waals surface area contributed by atoms with E-state index in [1.54, 1.807) is 32.3 Å². The summed E-state index contributed by atoms with van der Waals surface area (Å²) < 4.78 is 28.8. The number of hydrogen-bond acceptors (Lipinski definition) is 4. The molecule has 0 aliphatic heterocycles. The predicted octanol–water partition coefficient (Wildman–Crippen LogP) is 1.33. The van der Waals surface area contributed by atoms with Gasteiger partial charge < -0.3 is 5.11 Å². The van der Waals surface area contributed by atoms with Crippen molar-refractivity contribution < 1.29 is 13.5 Å². The van der Waals surface area contributed by atoms with Gasteiger partial charge in [-0.05, 0) is 36.6 Å². The van der Waals surface area contributed by atoms with E-state index in [1.807, 2.05) is 6.92 Å². The number of rotatable bonds is 4. The van der Waals surface area contributed by atoms with Gasteiger partial charge in [0.05, 0.1) is 11.5 Å². The van der Waals surface area contributed by atoms with Crippen LogP contribution in [0.5, 0.6) is 0 Å². The van der Waals surface area contributed by atoms with Gasteiger partial charge >= 0.3 is 0 Å². The Labute approximate surface area is 118 Å². The molecule has 1 aromatic carbocycles. The first-order valence-corrected chi connectivity index (χ1v) is 7.55. The van der Waals surface area contributed by atoms with Crippen LogP contribution in [-0.4, -0.2) is 23.3 Å². The Morgan fingerprint density at radius 1 is 1.35 bits per heavy atom. The highest BCUT2D eigenvalue weighted by Crippen LogP contribution is 2.23. The fourth-order valence-electron chi connectivity index (χ4n) is 1.93. The molecule has 1 heterocycles. The van der Waals surface area contributed by atoms with Crippen LogP contribution in [0.2, 0.25) is 0 Å². The molecule has 108 valence electrons. The van der Waals surface area contributed by atoms with Gasteiger partial charge in [-0.25, -0.2) is 8.42 Å². The van der Waals surface area contributed by atoms with E-state index in [2.05, 4.69) is 9.82 Å². The average Bonchev–Trinajstić information content (AvgIpc) is 2.76. The maximum absolute atomic E-state index is 12.4. The van der Waals surface area contributed by atoms with Gasteiger partial charge in [0.2, 0.25) is 0 Å². The van der Waals surface area contributed by atoms with Crippen molar-refractivity contribution in [2.24, 2.45) is 7.05 Å². The standard InChI is InChI=1S/C13H17N3O3S/c1-9-6-11(8-17)7-12(10(9)2)20(18,19)15-13-4-5-16(3)14-13/h4-7,17H,8H2,1-3H3,(H,14,15). The van der Waals surface area contributed by atoms with Crippen molar-refractivity contribution in [3.8, 4) is 0 Å². The highest BCUT2D eigenvalue weighted by Gasteiger charge is 2.20. The Morgan fingerprint density at radius 2 is 2.05 bits per heavy atom. The zero-order chi connectivity index (χ0) is 14.9. The third-order valence-electron chi connectivity index (χ3n) is 3.10. The lowest BCUT2D eigenvalue weighted by atomic mass is 10.1. The SMILES string of the molecule is Cc1cc(CO)cc(S(=O)(=O)Nc2ccn(C)n2)c1C. The lowest BCUT2D eigenvalue weighted by Crippen LogP contribution is -2.16. The molecule has 2 N–H and O–H groups in total. The molecule has 7 heteroatoms. The second kappa shape index (κ2) is 5.26. The molecule has 0 bridgehead atoms. The van der Waals surface area contributed by atoms with Crippen LogP contribution in [0, 0.1) is 13.8 Å². The van der Waals surface area contributed by atoms with E-state index in [0.717, 1.165) is 5.56 Å². The third kappa shape index (κ3) is 2.83. The molecule has 0 atom stereocenters. The summed E-state index contributed by atoms with van der Waals surface area (Å²) in [7, 11) is -2.01. The minimum absolute atomic E-state index is 0.159. The first-order chi connectivity index (χ1) is 9.33. The Hall–Kier alpha value is -1.86. The number of anilines is 1. The molecule has 6 nitrogen and oxygen atoms in total. The molecule has 0 radical (unpaired) electrons. The lowest BCUT2D eigenvalue weighted by molar-refractivity contribution is 0.281. The highest BCUT2D eigenvalue weighted by molar-refractivity contribution is 7.92. The summed E-state index contributed by atoms with van der Waals surface area (Å²) in [6.07, 6.45) is 1.65. The van der Waals surface area contributed by atoms with Crippen LogP contribution in [0.15, 0.2) is 29.3 Å². The van der Waals surface area contributed by atoms with Gasteiger partial charge in [-0.1, -0.05) is 6.07 Å². The zero-order valence-electron chi connectivity index (χ0n) is 11.6. The molecule has 0 fully saturated rings. The summed E-state index contributed by atoms with van der Waals surface area (Å²) in [6.45, 7) is 3.35. The van der Waals surface area contributed by atoms with Crippen molar-refractivity contribution in [1.82, 2.24) is 9.78 Å². The Morgan fingerprint density at radius 3 is 2.60 bits per heavy atom. The highest BCUT2D eigenvalue weighted by atomic mass is 32.2. The minimum Gasteiger partial charge on any atom is -0.392 e. The molecule has 0 spiro atoms. The molecule has 1 aromatic heterocycles. The fourth-order valence-corrected chi connectivity index (χ4v) is 3.30. The van der Waals surface area contributed by atoms with Gasteiger partial charge in [-0.3, -0.25) is 9.40 Å². The number of aliphatic hydroxyl groups excluding tert-OH is 1. The summed E-state index contributed by atoms with van der Waals surface area (Å²) in [5.41, 5.74) is 2.04. The maximum Gasteiger partial charge on any atom is 0.263 e. The number of aryl methyl sites for hydroxylation is 2. The van der Waals surface area contributed by atoms with Gasteiger partial charge in [-0.15, -0.1) is 0 Å².